The van der Waals surface area contributed by atoms with Crippen LogP contribution in [0.15, 0.2) is 188 Å². The summed E-state index contributed by atoms with van der Waals surface area (Å²) in [6.07, 6.45) is 0. The topological polar surface area (TPSA) is 21.1 Å². The van der Waals surface area contributed by atoms with Crippen LogP contribution in [-0.2, 0) is 0 Å². The third-order valence-electron chi connectivity index (χ3n) is 9.19. The number of para-hydroxylation sites is 3. The van der Waals surface area contributed by atoms with Crippen LogP contribution in [0.5, 0.6) is 0 Å². The van der Waals surface area contributed by atoms with Crippen molar-refractivity contribution in [1.29, 1.82) is 0 Å². The van der Waals surface area contributed by atoms with Gasteiger partial charge in [0.15, 0.2) is 0 Å². The molecular formula is C45H31N3. The highest BCUT2D eigenvalue weighted by molar-refractivity contribution is 6.04. The first kappa shape index (κ1) is 27.8. The highest BCUT2D eigenvalue weighted by atomic mass is 15.1. The Balaban J connectivity index is 1.23. The third kappa shape index (κ3) is 4.72. The third-order valence-corrected chi connectivity index (χ3v) is 9.19. The normalized spacial score (nSPS) is 11.3. The summed E-state index contributed by atoms with van der Waals surface area (Å²) in [4.78, 5) is 7.61. The monoisotopic (exact) mass is 613 g/mol. The lowest BCUT2D eigenvalue weighted by atomic mass is 10.0. The fourth-order valence-corrected chi connectivity index (χ4v) is 6.97. The summed E-state index contributed by atoms with van der Waals surface area (Å²) >= 11 is 0. The fourth-order valence-electron chi connectivity index (χ4n) is 6.97. The molecule has 0 bridgehead atoms. The van der Waals surface area contributed by atoms with Gasteiger partial charge in [-0.1, -0.05) is 133 Å². The number of rotatable bonds is 6. The van der Waals surface area contributed by atoms with Gasteiger partial charge < -0.3 is 4.90 Å². The second-order valence-corrected chi connectivity index (χ2v) is 12.0. The second kappa shape index (κ2) is 11.7. The molecule has 8 aromatic carbocycles. The molecule has 0 unspecified atom stereocenters. The van der Waals surface area contributed by atoms with Gasteiger partial charge in [-0.15, -0.1) is 0 Å². The van der Waals surface area contributed by atoms with Crippen molar-refractivity contribution in [3.63, 3.8) is 0 Å². The predicted octanol–water partition coefficient (Wildman–Crippen LogP) is 12.1. The number of benzene rings is 8. The minimum Gasteiger partial charge on any atom is -0.309 e. The molecule has 1 aromatic heterocycles. The number of anilines is 3. The van der Waals surface area contributed by atoms with Crippen molar-refractivity contribution in [2.75, 3.05) is 4.90 Å². The molecule has 1 heterocycles. The number of fused-ring (bicyclic) bond motifs is 3. The van der Waals surface area contributed by atoms with Gasteiger partial charge in [-0.2, -0.15) is 0 Å². The first-order valence-corrected chi connectivity index (χ1v) is 16.3. The van der Waals surface area contributed by atoms with Crippen LogP contribution in [0.1, 0.15) is 0 Å². The molecule has 0 saturated carbocycles. The molecule has 0 fully saturated rings. The zero-order valence-corrected chi connectivity index (χ0v) is 26.2. The van der Waals surface area contributed by atoms with Crippen molar-refractivity contribution in [2.24, 2.45) is 0 Å². The molecule has 9 aromatic rings. The molecule has 48 heavy (non-hydrogen) atoms. The highest BCUT2D eigenvalue weighted by Gasteiger charge is 2.20. The van der Waals surface area contributed by atoms with Crippen LogP contribution in [0.4, 0.5) is 17.1 Å². The van der Waals surface area contributed by atoms with E-state index in [9.17, 15) is 0 Å². The lowest BCUT2D eigenvalue weighted by Crippen LogP contribution is -2.11. The molecule has 0 amide bonds. The second-order valence-electron chi connectivity index (χ2n) is 12.0. The molecule has 226 valence electrons. The Morgan fingerprint density at radius 3 is 1.69 bits per heavy atom. The van der Waals surface area contributed by atoms with Crippen LogP contribution in [0, 0.1) is 0 Å². The van der Waals surface area contributed by atoms with Crippen LogP contribution < -0.4 is 4.90 Å². The van der Waals surface area contributed by atoms with E-state index in [2.05, 4.69) is 198 Å². The maximum Gasteiger partial charge on any atom is 0.145 e. The van der Waals surface area contributed by atoms with Crippen LogP contribution in [0.25, 0.3) is 60.8 Å². The zero-order valence-electron chi connectivity index (χ0n) is 26.2. The van der Waals surface area contributed by atoms with E-state index in [4.69, 9.17) is 4.98 Å². The van der Waals surface area contributed by atoms with Crippen LogP contribution in [-0.4, -0.2) is 9.55 Å². The number of imidazole rings is 1. The molecule has 0 aliphatic heterocycles. The molecule has 0 N–H and O–H groups in total. The molecule has 0 aliphatic rings. The lowest BCUT2D eigenvalue weighted by molar-refractivity contribution is 1.10. The van der Waals surface area contributed by atoms with Gasteiger partial charge in [-0.05, 0) is 70.9 Å². The zero-order chi connectivity index (χ0) is 31.9. The standard InChI is InChI=1S/C45H31N3/c1-2-14-32(15-3-1)39-22-8-10-24-43(39)48-44-25-11-9-23-40(44)46-45(48)35-28-30-36(31-29-35)47(41-26-12-18-33-16-4-6-20-37(33)41)42-27-13-19-34-17-5-7-21-38(34)42/h1-31H. The average Bonchev–Trinajstić information content (AvgIpc) is 3.55. The van der Waals surface area contributed by atoms with E-state index in [1.807, 2.05) is 0 Å². The molecule has 3 nitrogen and oxygen atoms in total. The molecule has 0 aliphatic carbocycles. The Morgan fingerprint density at radius 1 is 0.417 bits per heavy atom. The summed E-state index contributed by atoms with van der Waals surface area (Å²) in [5.74, 6) is 0.910. The predicted molar refractivity (Wildman–Crippen MR) is 202 cm³/mol. The van der Waals surface area contributed by atoms with E-state index in [-0.39, 0.29) is 0 Å². The van der Waals surface area contributed by atoms with Crippen molar-refractivity contribution in [3.8, 4) is 28.2 Å². The summed E-state index contributed by atoms with van der Waals surface area (Å²) in [6.45, 7) is 0. The molecular weight excluding hydrogens is 583 g/mol. The van der Waals surface area contributed by atoms with Crippen LogP contribution in [0.3, 0.4) is 0 Å². The van der Waals surface area contributed by atoms with E-state index in [1.165, 1.54) is 27.1 Å². The number of hydrogen-bond donors (Lipinski definition) is 0. The Labute approximate surface area is 279 Å². The molecule has 0 spiro atoms. The maximum atomic E-state index is 5.22. The van der Waals surface area contributed by atoms with E-state index >= 15 is 0 Å². The SMILES string of the molecule is c1ccc(-c2ccccc2-n2c(-c3ccc(N(c4cccc5ccccc45)c4cccc5ccccc45)cc3)nc3ccccc32)cc1. The number of aromatic nitrogens is 2. The molecule has 0 atom stereocenters. The largest absolute Gasteiger partial charge is 0.309 e. The van der Waals surface area contributed by atoms with Crippen molar-refractivity contribution < 1.29 is 0 Å². The Morgan fingerprint density at radius 2 is 0.979 bits per heavy atom. The first-order valence-electron chi connectivity index (χ1n) is 16.3. The van der Waals surface area contributed by atoms with Gasteiger partial charge in [0.2, 0.25) is 0 Å². The molecule has 9 rings (SSSR count). The average molecular weight is 614 g/mol. The minimum absolute atomic E-state index is 0.910. The minimum atomic E-state index is 0.910. The van der Waals surface area contributed by atoms with Gasteiger partial charge in [-0.3, -0.25) is 4.57 Å². The summed E-state index contributed by atoms with van der Waals surface area (Å²) in [5, 5.41) is 4.83. The van der Waals surface area contributed by atoms with Gasteiger partial charge in [0.1, 0.15) is 5.82 Å². The van der Waals surface area contributed by atoms with Gasteiger partial charge >= 0.3 is 0 Å². The summed E-state index contributed by atoms with van der Waals surface area (Å²) in [7, 11) is 0. The summed E-state index contributed by atoms with van der Waals surface area (Å²) < 4.78 is 2.31. The van der Waals surface area contributed by atoms with Gasteiger partial charge in [-0.25, -0.2) is 4.98 Å². The maximum absolute atomic E-state index is 5.22. The quantitative estimate of drug-likeness (QED) is 0.186. The number of nitrogens with zero attached hydrogens (tertiary/aromatic N) is 3. The van der Waals surface area contributed by atoms with Crippen LogP contribution in [0.2, 0.25) is 0 Å². The van der Waals surface area contributed by atoms with Crippen LogP contribution >= 0.6 is 0 Å². The first-order chi connectivity index (χ1) is 23.8. The Hall–Kier alpha value is -6.45. The summed E-state index contributed by atoms with van der Waals surface area (Å²) in [6, 6.07) is 66.8. The Bertz CT molecular complexity index is 2470. The highest BCUT2D eigenvalue weighted by Crippen LogP contribution is 2.43. The fraction of sp³-hybridized carbons (Fsp3) is 0. The van der Waals surface area contributed by atoms with E-state index < -0.39 is 0 Å². The smallest absolute Gasteiger partial charge is 0.145 e. The van der Waals surface area contributed by atoms with Gasteiger partial charge in [0, 0.05) is 27.6 Å². The number of hydrogen-bond acceptors (Lipinski definition) is 2. The molecule has 0 saturated heterocycles. The van der Waals surface area contributed by atoms with Crippen molar-refractivity contribution in [3.05, 3.63) is 188 Å². The van der Waals surface area contributed by atoms with E-state index in [1.54, 1.807) is 0 Å². The van der Waals surface area contributed by atoms with Gasteiger partial charge in [0.05, 0.1) is 28.1 Å². The van der Waals surface area contributed by atoms with E-state index in [0.717, 1.165) is 50.7 Å². The van der Waals surface area contributed by atoms with Crippen molar-refractivity contribution >= 4 is 49.6 Å². The summed E-state index contributed by atoms with van der Waals surface area (Å²) in [5.41, 5.74) is 9.89. The Kier molecular flexibility index (Phi) is 6.80. The van der Waals surface area contributed by atoms with E-state index in [0.29, 0.717) is 0 Å². The van der Waals surface area contributed by atoms with Crippen molar-refractivity contribution in [2.45, 2.75) is 0 Å². The molecule has 0 radical (unpaired) electrons. The molecule has 3 heteroatoms. The van der Waals surface area contributed by atoms with Gasteiger partial charge in [0.25, 0.3) is 0 Å². The lowest BCUT2D eigenvalue weighted by Gasteiger charge is -2.28. The van der Waals surface area contributed by atoms with Crippen molar-refractivity contribution in [1.82, 2.24) is 9.55 Å².